The molecule has 38 valence electrons. The van der Waals surface area contributed by atoms with E-state index in [1.165, 1.54) is 12.0 Å². The number of allylic oxidation sites excluding steroid dienone is 1. The van der Waals surface area contributed by atoms with E-state index >= 15 is 0 Å². The second-order valence-electron chi connectivity index (χ2n) is 2.39. The summed E-state index contributed by atoms with van der Waals surface area (Å²) >= 11 is 0. The van der Waals surface area contributed by atoms with Gasteiger partial charge in [-0.3, -0.25) is 0 Å². The van der Waals surface area contributed by atoms with Crippen LogP contribution in [0.1, 0.15) is 12.8 Å². The highest BCUT2D eigenvalue weighted by Gasteiger charge is 2.40. The minimum Gasteiger partial charge on any atom is -0.392 e. The first-order valence-corrected chi connectivity index (χ1v) is 2.75. The summed E-state index contributed by atoms with van der Waals surface area (Å²) < 4.78 is 0. The zero-order chi connectivity index (χ0) is 4.85. The molecule has 7 heavy (non-hydrogen) atoms. The van der Waals surface area contributed by atoms with Crippen molar-refractivity contribution in [2.75, 3.05) is 0 Å². The van der Waals surface area contributed by atoms with Crippen molar-refractivity contribution in [3.8, 4) is 0 Å². The van der Waals surface area contributed by atoms with E-state index in [1.807, 2.05) is 0 Å². The molecule has 0 aliphatic heterocycles. The Labute approximate surface area is 42.7 Å². The van der Waals surface area contributed by atoms with Gasteiger partial charge in [0.15, 0.2) is 0 Å². The maximum atomic E-state index is 8.80. The second kappa shape index (κ2) is 0.920. The Hall–Kier alpha value is -0.300. The third-order valence-electron chi connectivity index (χ3n) is 1.67. The molecule has 1 saturated carbocycles. The van der Waals surface area contributed by atoms with Crippen molar-refractivity contribution < 1.29 is 5.11 Å². The number of hydrogen-bond donors (Lipinski definition) is 1. The average Bonchev–Trinajstić information content (AvgIpc) is 2.23. The molecule has 0 amide bonds. The van der Waals surface area contributed by atoms with Crippen molar-refractivity contribution in [2.24, 2.45) is 5.92 Å². The van der Waals surface area contributed by atoms with Crippen LogP contribution in [-0.2, 0) is 0 Å². The van der Waals surface area contributed by atoms with E-state index in [1.54, 1.807) is 0 Å². The normalized spacial score (nSPS) is 45.6. The predicted octanol–water partition coefficient (Wildman–Crippen LogP) is 0.697. The van der Waals surface area contributed by atoms with Gasteiger partial charge in [-0.15, -0.1) is 0 Å². The molecular weight excluding hydrogens is 88.1 g/mol. The summed E-state index contributed by atoms with van der Waals surface area (Å²) in [5, 5.41) is 8.80. The van der Waals surface area contributed by atoms with Crippen LogP contribution >= 0.6 is 0 Å². The molecule has 1 fully saturated rings. The first-order chi connectivity index (χ1) is 3.38. The molecule has 0 bridgehead atoms. The standard InChI is InChI=1S/C6H8O/c7-6-3-5(6)4-1-2-4/h1,5-7H,2-3H2/t5?,6-/m1/s1. The molecule has 0 heterocycles. The van der Waals surface area contributed by atoms with Gasteiger partial charge >= 0.3 is 0 Å². The number of aliphatic hydroxyl groups excluding tert-OH is 1. The Morgan fingerprint density at radius 3 is 2.43 bits per heavy atom. The fourth-order valence-electron chi connectivity index (χ4n) is 0.942. The summed E-state index contributed by atoms with van der Waals surface area (Å²) in [6, 6.07) is 0. The average molecular weight is 96.1 g/mol. The molecule has 0 aromatic heterocycles. The largest absolute Gasteiger partial charge is 0.392 e. The fraction of sp³-hybridized carbons (Fsp3) is 0.667. The molecule has 2 rings (SSSR count). The van der Waals surface area contributed by atoms with Crippen molar-refractivity contribution in [1.82, 2.24) is 0 Å². The molecular formula is C6H8O. The van der Waals surface area contributed by atoms with Crippen molar-refractivity contribution in [3.05, 3.63) is 11.6 Å². The van der Waals surface area contributed by atoms with Crippen molar-refractivity contribution in [3.63, 3.8) is 0 Å². The molecule has 0 aromatic carbocycles. The highest BCUT2D eigenvalue weighted by atomic mass is 16.3. The Bertz CT molecular complexity index is 126. The molecule has 1 heteroatoms. The fourth-order valence-corrected chi connectivity index (χ4v) is 0.942. The second-order valence-corrected chi connectivity index (χ2v) is 2.39. The van der Waals surface area contributed by atoms with E-state index in [4.69, 9.17) is 5.11 Å². The molecule has 0 spiro atoms. The van der Waals surface area contributed by atoms with Gasteiger partial charge in [0.05, 0.1) is 6.10 Å². The molecule has 1 N–H and O–H groups in total. The number of aliphatic hydroxyl groups is 1. The van der Waals surface area contributed by atoms with Crippen LogP contribution in [0, 0.1) is 5.92 Å². The first-order valence-electron chi connectivity index (χ1n) is 2.75. The Morgan fingerprint density at radius 1 is 1.71 bits per heavy atom. The molecule has 1 nitrogen and oxygen atoms in total. The van der Waals surface area contributed by atoms with Gasteiger partial charge in [-0.2, -0.15) is 0 Å². The van der Waals surface area contributed by atoms with Gasteiger partial charge in [-0.1, -0.05) is 11.6 Å². The Kier molecular flexibility index (Phi) is 0.482. The Morgan fingerprint density at radius 2 is 2.29 bits per heavy atom. The van der Waals surface area contributed by atoms with Crippen LogP contribution in [0.2, 0.25) is 0 Å². The van der Waals surface area contributed by atoms with Gasteiger partial charge in [0, 0.05) is 5.92 Å². The monoisotopic (exact) mass is 96.1 g/mol. The smallest absolute Gasteiger partial charge is 0.0613 e. The topological polar surface area (TPSA) is 20.2 Å². The molecule has 1 unspecified atom stereocenters. The highest BCUT2D eigenvalue weighted by Crippen LogP contribution is 2.44. The van der Waals surface area contributed by atoms with E-state index in [-0.39, 0.29) is 6.10 Å². The quantitative estimate of drug-likeness (QED) is 0.476. The molecule has 0 radical (unpaired) electrons. The minimum absolute atomic E-state index is 0.0359. The maximum Gasteiger partial charge on any atom is 0.0613 e. The van der Waals surface area contributed by atoms with E-state index in [9.17, 15) is 0 Å². The summed E-state index contributed by atoms with van der Waals surface area (Å²) in [5.41, 5.74) is 1.49. The lowest BCUT2D eigenvalue weighted by molar-refractivity contribution is 0.267. The van der Waals surface area contributed by atoms with E-state index in [0.29, 0.717) is 5.92 Å². The summed E-state index contributed by atoms with van der Waals surface area (Å²) in [6.45, 7) is 0. The summed E-state index contributed by atoms with van der Waals surface area (Å²) in [5.74, 6) is 0.597. The highest BCUT2D eigenvalue weighted by molar-refractivity contribution is 5.30. The van der Waals surface area contributed by atoms with Gasteiger partial charge in [0.1, 0.15) is 0 Å². The van der Waals surface area contributed by atoms with Gasteiger partial charge in [-0.25, -0.2) is 0 Å². The summed E-state index contributed by atoms with van der Waals surface area (Å²) in [4.78, 5) is 0. The lowest BCUT2D eigenvalue weighted by atomic mass is 10.3. The third kappa shape index (κ3) is 0.484. The van der Waals surface area contributed by atoms with Gasteiger partial charge in [0.2, 0.25) is 0 Å². The Balaban J connectivity index is 2.00. The van der Waals surface area contributed by atoms with Crippen molar-refractivity contribution >= 4 is 0 Å². The number of hydrogen-bond acceptors (Lipinski definition) is 1. The molecule has 0 aromatic rings. The SMILES string of the molecule is O[C@@H]1CC1C1=CC1. The molecule has 0 saturated heterocycles. The summed E-state index contributed by atoms with van der Waals surface area (Å²) in [6.07, 6.45) is 4.45. The van der Waals surface area contributed by atoms with Crippen LogP contribution in [0.25, 0.3) is 0 Å². The van der Waals surface area contributed by atoms with E-state index < -0.39 is 0 Å². The molecule has 2 atom stereocenters. The zero-order valence-corrected chi connectivity index (χ0v) is 4.09. The molecule has 2 aliphatic rings. The maximum absolute atomic E-state index is 8.80. The van der Waals surface area contributed by atoms with Crippen molar-refractivity contribution in [1.29, 1.82) is 0 Å². The van der Waals surface area contributed by atoms with Crippen LogP contribution in [0.3, 0.4) is 0 Å². The van der Waals surface area contributed by atoms with Crippen LogP contribution in [0.15, 0.2) is 11.6 Å². The number of rotatable bonds is 1. The summed E-state index contributed by atoms with van der Waals surface area (Å²) in [7, 11) is 0. The first kappa shape index (κ1) is 3.67. The van der Waals surface area contributed by atoms with Crippen LogP contribution in [0.4, 0.5) is 0 Å². The van der Waals surface area contributed by atoms with Crippen LogP contribution in [-0.4, -0.2) is 11.2 Å². The van der Waals surface area contributed by atoms with Gasteiger partial charge < -0.3 is 5.11 Å². The van der Waals surface area contributed by atoms with Gasteiger partial charge in [-0.05, 0) is 12.8 Å². The molecule has 2 aliphatic carbocycles. The lowest BCUT2D eigenvalue weighted by Crippen LogP contribution is -1.79. The minimum atomic E-state index is 0.0359. The van der Waals surface area contributed by atoms with Crippen LogP contribution in [0.5, 0.6) is 0 Å². The predicted molar refractivity (Wildman–Crippen MR) is 26.8 cm³/mol. The van der Waals surface area contributed by atoms with Crippen LogP contribution < -0.4 is 0 Å². The van der Waals surface area contributed by atoms with E-state index in [0.717, 1.165) is 6.42 Å². The van der Waals surface area contributed by atoms with Crippen molar-refractivity contribution in [2.45, 2.75) is 18.9 Å². The third-order valence-corrected chi connectivity index (χ3v) is 1.67. The van der Waals surface area contributed by atoms with E-state index in [2.05, 4.69) is 6.08 Å². The zero-order valence-electron chi connectivity index (χ0n) is 4.09. The van der Waals surface area contributed by atoms with Gasteiger partial charge in [0.25, 0.3) is 0 Å². The lowest BCUT2D eigenvalue weighted by Gasteiger charge is -1.78.